The minimum atomic E-state index is -0.436. The van der Waals surface area contributed by atoms with Crippen molar-refractivity contribution >= 4 is 22.0 Å². The Labute approximate surface area is 113 Å². The molecule has 0 unspecified atom stereocenters. The van der Waals surface area contributed by atoms with Gasteiger partial charge in [-0.2, -0.15) is 0 Å². The van der Waals surface area contributed by atoms with E-state index in [1.165, 1.54) is 0 Å². The molecule has 1 N–H and O–H groups in total. The summed E-state index contributed by atoms with van der Waals surface area (Å²) in [6.45, 7) is 9.73. The molecule has 0 bridgehead atoms. The van der Waals surface area contributed by atoms with Crippen LogP contribution < -0.4 is 5.32 Å². The maximum Gasteiger partial charge on any atom is 0.410 e. The molecule has 0 aromatic heterocycles. The van der Waals surface area contributed by atoms with E-state index in [-0.39, 0.29) is 6.09 Å². The average molecular weight is 307 g/mol. The molecular weight excluding hydrogens is 284 g/mol. The van der Waals surface area contributed by atoms with Crippen molar-refractivity contribution in [3.05, 3.63) is 10.6 Å². The van der Waals surface area contributed by atoms with Crippen molar-refractivity contribution in [1.82, 2.24) is 10.2 Å². The Morgan fingerprint density at radius 2 is 2.06 bits per heavy atom. The molecule has 0 aromatic carbocycles. The molecule has 0 saturated carbocycles. The van der Waals surface area contributed by atoms with Gasteiger partial charge in [0.1, 0.15) is 5.60 Å². The van der Waals surface area contributed by atoms with Crippen LogP contribution in [-0.2, 0) is 4.74 Å². The molecule has 0 rings (SSSR count). The van der Waals surface area contributed by atoms with Crippen LogP contribution in [0.5, 0.6) is 0 Å². The van der Waals surface area contributed by atoms with Gasteiger partial charge < -0.3 is 15.0 Å². The lowest BCUT2D eigenvalue weighted by Gasteiger charge is -2.24. The van der Waals surface area contributed by atoms with Gasteiger partial charge in [-0.1, -0.05) is 22.0 Å². The molecule has 0 atom stereocenters. The van der Waals surface area contributed by atoms with Crippen LogP contribution in [0.4, 0.5) is 4.79 Å². The van der Waals surface area contributed by atoms with Gasteiger partial charge >= 0.3 is 6.09 Å². The normalized spacial score (nSPS) is 12.5. The number of ether oxygens (including phenoxy) is 1. The first-order valence-corrected chi connectivity index (χ1v) is 6.49. The lowest BCUT2D eigenvalue weighted by molar-refractivity contribution is 0.0301. The van der Waals surface area contributed by atoms with Gasteiger partial charge in [-0.25, -0.2) is 4.79 Å². The van der Waals surface area contributed by atoms with Gasteiger partial charge in [0.25, 0.3) is 0 Å². The molecule has 0 aromatic rings. The average Bonchev–Trinajstić information content (AvgIpc) is 2.13. The third-order valence-corrected chi connectivity index (χ3v) is 2.18. The molecule has 0 radical (unpaired) electrons. The van der Waals surface area contributed by atoms with Crippen molar-refractivity contribution in [3.8, 4) is 0 Å². The van der Waals surface area contributed by atoms with Crippen LogP contribution >= 0.6 is 15.9 Å². The molecule has 17 heavy (non-hydrogen) atoms. The predicted octanol–water partition coefficient (Wildman–Crippen LogP) is 2.74. The highest BCUT2D eigenvalue weighted by Crippen LogP contribution is 2.08. The van der Waals surface area contributed by atoms with Crippen LogP contribution in [0.3, 0.4) is 0 Å². The van der Waals surface area contributed by atoms with Crippen LogP contribution in [0.25, 0.3) is 0 Å². The smallest absolute Gasteiger partial charge is 0.410 e. The lowest BCUT2D eigenvalue weighted by Crippen LogP contribution is -2.38. The number of amides is 1. The Bertz CT molecular complexity index is 268. The summed E-state index contributed by atoms with van der Waals surface area (Å²) in [5, 5.41) is 3.21. The fraction of sp³-hybridized carbons (Fsp3) is 0.750. The second-order valence-electron chi connectivity index (χ2n) is 4.90. The van der Waals surface area contributed by atoms with Crippen LogP contribution in [0.1, 0.15) is 27.7 Å². The molecular formula is C12H23BrN2O2. The summed E-state index contributed by atoms with van der Waals surface area (Å²) in [5.41, 5.74) is -0.436. The summed E-state index contributed by atoms with van der Waals surface area (Å²) >= 11 is 3.35. The molecule has 100 valence electrons. The fourth-order valence-electron chi connectivity index (χ4n) is 0.993. The first kappa shape index (κ1) is 16.4. The third-order valence-electron chi connectivity index (χ3n) is 1.86. The third kappa shape index (κ3) is 10.3. The Hall–Kier alpha value is -0.550. The lowest BCUT2D eigenvalue weighted by atomic mass is 10.2. The number of halogens is 1. The van der Waals surface area contributed by atoms with E-state index in [9.17, 15) is 4.79 Å². The van der Waals surface area contributed by atoms with E-state index < -0.39 is 5.60 Å². The molecule has 0 saturated heterocycles. The van der Waals surface area contributed by atoms with Crippen molar-refractivity contribution in [1.29, 1.82) is 0 Å². The van der Waals surface area contributed by atoms with Gasteiger partial charge in [-0.3, -0.25) is 0 Å². The molecule has 0 fully saturated rings. The first-order chi connectivity index (χ1) is 7.72. The van der Waals surface area contributed by atoms with Crippen molar-refractivity contribution in [2.45, 2.75) is 33.3 Å². The highest BCUT2D eigenvalue weighted by molar-refractivity contribution is 9.11. The van der Waals surface area contributed by atoms with E-state index in [1.54, 1.807) is 11.9 Å². The second-order valence-corrected chi connectivity index (χ2v) is 6.15. The van der Waals surface area contributed by atoms with Gasteiger partial charge in [-0.05, 0) is 32.2 Å². The molecule has 4 nitrogen and oxygen atoms in total. The zero-order valence-electron chi connectivity index (χ0n) is 11.3. The zero-order valence-corrected chi connectivity index (χ0v) is 12.9. The van der Waals surface area contributed by atoms with Crippen molar-refractivity contribution in [2.75, 3.05) is 26.7 Å². The fourth-order valence-corrected chi connectivity index (χ4v) is 1.15. The van der Waals surface area contributed by atoms with Gasteiger partial charge in [0.2, 0.25) is 0 Å². The van der Waals surface area contributed by atoms with E-state index in [0.717, 1.165) is 17.6 Å². The van der Waals surface area contributed by atoms with Crippen LogP contribution in [0.15, 0.2) is 10.6 Å². The Morgan fingerprint density at radius 1 is 1.47 bits per heavy atom. The molecule has 5 heteroatoms. The molecule has 0 heterocycles. The van der Waals surface area contributed by atoms with Crippen molar-refractivity contribution < 1.29 is 9.53 Å². The standard InChI is InChI=1S/C12H23BrN2O2/c1-10(13)6-7-14-8-9-15(5)11(16)17-12(2,3)4/h6,14H,7-9H2,1-5H3/b10-6+. The molecule has 0 aliphatic heterocycles. The van der Waals surface area contributed by atoms with Crippen LogP contribution in [-0.4, -0.2) is 43.3 Å². The molecule has 1 amide bonds. The predicted molar refractivity (Wildman–Crippen MR) is 74.4 cm³/mol. The largest absolute Gasteiger partial charge is 0.444 e. The number of rotatable bonds is 5. The number of nitrogens with zero attached hydrogens (tertiary/aromatic N) is 1. The first-order valence-electron chi connectivity index (χ1n) is 5.69. The van der Waals surface area contributed by atoms with Crippen molar-refractivity contribution in [3.63, 3.8) is 0 Å². The summed E-state index contributed by atoms with van der Waals surface area (Å²) < 4.78 is 6.34. The zero-order chi connectivity index (χ0) is 13.5. The number of hydrogen-bond donors (Lipinski definition) is 1. The minimum Gasteiger partial charge on any atom is -0.444 e. The molecule has 0 aliphatic carbocycles. The van der Waals surface area contributed by atoms with E-state index >= 15 is 0 Å². The van der Waals surface area contributed by atoms with Gasteiger partial charge in [0.15, 0.2) is 0 Å². The Kier molecular flexibility index (Phi) is 7.46. The summed E-state index contributed by atoms with van der Waals surface area (Å²) in [4.78, 5) is 13.2. The summed E-state index contributed by atoms with van der Waals surface area (Å²) in [5.74, 6) is 0. The number of likely N-dealkylation sites (N-methyl/N-ethyl adjacent to an activating group) is 1. The van der Waals surface area contributed by atoms with E-state index in [4.69, 9.17) is 4.74 Å². The monoisotopic (exact) mass is 306 g/mol. The minimum absolute atomic E-state index is 0.286. The Morgan fingerprint density at radius 3 is 2.53 bits per heavy atom. The summed E-state index contributed by atoms with van der Waals surface area (Å²) in [7, 11) is 1.74. The maximum atomic E-state index is 11.6. The topological polar surface area (TPSA) is 41.6 Å². The highest BCUT2D eigenvalue weighted by Gasteiger charge is 2.18. The second kappa shape index (κ2) is 7.71. The number of nitrogens with one attached hydrogen (secondary N) is 1. The summed E-state index contributed by atoms with van der Waals surface area (Å²) in [6.07, 6.45) is 1.75. The molecule has 0 spiro atoms. The van der Waals surface area contributed by atoms with Gasteiger partial charge in [0.05, 0.1) is 0 Å². The van der Waals surface area contributed by atoms with Crippen molar-refractivity contribution in [2.24, 2.45) is 0 Å². The van der Waals surface area contributed by atoms with Gasteiger partial charge in [-0.15, -0.1) is 0 Å². The van der Waals surface area contributed by atoms with E-state index in [2.05, 4.69) is 21.2 Å². The number of carbonyl (C=O) groups excluding carboxylic acids is 1. The quantitative estimate of drug-likeness (QED) is 0.794. The van der Waals surface area contributed by atoms with Crippen LogP contribution in [0.2, 0.25) is 0 Å². The Balaban J connectivity index is 3.75. The number of allylic oxidation sites excluding steroid dienone is 1. The van der Waals surface area contributed by atoms with Crippen LogP contribution in [0, 0.1) is 0 Å². The highest BCUT2D eigenvalue weighted by atomic mass is 79.9. The SMILES string of the molecule is C/C(Br)=C\CNCCN(C)C(=O)OC(C)(C)C. The number of hydrogen-bond acceptors (Lipinski definition) is 3. The number of carbonyl (C=O) groups is 1. The van der Waals surface area contributed by atoms with E-state index in [1.807, 2.05) is 33.8 Å². The summed E-state index contributed by atoms with van der Waals surface area (Å²) in [6, 6.07) is 0. The van der Waals surface area contributed by atoms with Gasteiger partial charge in [0, 0.05) is 26.7 Å². The molecule has 0 aliphatic rings. The van der Waals surface area contributed by atoms with E-state index in [0.29, 0.717) is 6.54 Å². The maximum absolute atomic E-state index is 11.6.